The second-order valence-electron chi connectivity index (χ2n) is 5.79. The highest BCUT2D eigenvalue weighted by Crippen LogP contribution is 2.19. The molecule has 1 amide bonds. The van der Waals surface area contributed by atoms with Crippen molar-refractivity contribution in [2.24, 2.45) is 5.92 Å². The minimum Gasteiger partial charge on any atom is -0.322 e. The summed E-state index contributed by atoms with van der Waals surface area (Å²) in [6, 6.07) is 12.2. The molecule has 0 radical (unpaired) electrons. The van der Waals surface area contributed by atoms with Gasteiger partial charge in [-0.25, -0.2) is 4.39 Å². The van der Waals surface area contributed by atoms with E-state index >= 15 is 0 Å². The van der Waals surface area contributed by atoms with Gasteiger partial charge in [0.2, 0.25) is 5.91 Å². The first-order chi connectivity index (χ1) is 10.9. The lowest BCUT2D eigenvalue weighted by Gasteiger charge is -2.05. The second-order valence-corrected chi connectivity index (χ2v) is 6.20. The fourth-order valence-corrected chi connectivity index (χ4v) is 2.35. The number of hydrogen-bond acceptors (Lipinski definition) is 1. The van der Waals surface area contributed by atoms with Gasteiger partial charge < -0.3 is 5.32 Å². The molecule has 2 aromatic carbocycles. The largest absolute Gasteiger partial charge is 0.322 e. The van der Waals surface area contributed by atoms with Crippen molar-refractivity contribution in [3.05, 3.63) is 70.5 Å². The van der Waals surface area contributed by atoms with Gasteiger partial charge in [-0.3, -0.25) is 4.79 Å². The van der Waals surface area contributed by atoms with Gasteiger partial charge in [0.15, 0.2) is 0 Å². The summed E-state index contributed by atoms with van der Waals surface area (Å²) in [7, 11) is 0. The van der Waals surface area contributed by atoms with Gasteiger partial charge in [-0.2, -0.15) is 0 Å². The maximum atomic E-state index is 13.1. The molecule has 0 aromatic heterocycles. The van der Waals surface area contributed by atoms with Crippen molar-refractivity contribution < 1.29 is 9.18 Å². The van der Waals surface area contributed by atoms with Crippen LogP contribution >= 0.6 is 11.6 Å². The van der Waals surface area contributed by atoms with Gasteiger partial charge in [-0.15, -0.1) is 0 Å². The fourth-order valence-electron chi connectivity index (χ4n) is 2.17. The highest BCUT2D eigenvalue weighted by molar-refractivity contribution is 6.31. The van der Waals surface area contributed by atoms with E-state index in [1.54, 1.807) is 6.08 Å². The first kappa shape index (κ1) is 17.2. The smallest absolute Gasteiger partial charge is 0.248 e. The molecule has 120 valence electrons. The highest BCUT2D eigenvalue weighted by Gasteiger charge is 2.03. The molecule has 0 heterocycles. The molecule has 2 rings (SSSR count). The highest BCUT2D eigenvalue weighted by atomic mass is 35.5. The molecule has 1 N–H and O–H groups in total. The number of anilines is 1. The molecule has 0 aliphatic rings. The summed E-state index contributed by atoms with van der Waals surface area (Å²) in [6.07, 6.45) is 4.21. The summed E-state index contributed by atoms with van der Waals surface area (Å²) in [5, 5.41) is 2.62. The maximum absolute atomic E-state index is 13.1. The zero-order valence-corrected chi connectivity index (χ0v) is 13.9. The third kappa shape index (κ3) is 5.53. The number of nitrogens with one attached hydrogen (secondary N) is 1. The molecule has 0 atom stereocenters. The molecular formula is C19H19ClFNO. The first-order valence-electron chi connectivity index (χ1n) is 7.47. The molecule has 0 bridgehead atoms. The summed E-state index contributed by atoms with van der Waals surface area (Å²) in [5.74, 6) is -0.190. The van der Waals surface area contributed by atoms with Crippen LogP contribution in [0, 0.1) is 11.7 Å². The molecule has 0 saturated heterocycles. The van der Waals surface area contributed by atoms with Crippen LogP contribution in [0.15, 0.2) is 48.5 Å². The lowest BCUT2D eigenvalue weighted by molar-refractivity contribution is -0.111. The molecule has 0 fully saturated rings. The van der Waals surface area contributed by atoms with E-state index in [0.29, 0.717) is 11.6 Å². The standard InChI is InChI=1S/C19H19ClFNO/c1-13(2)11-15-5-3-14(4-6-15)7-10-19(23)22-16-8-9-18(21)17(20)12-16/h3-10,12-13H,11H2,1-2H3,(H,22,23)/b10-7-. The number of halogens is 2. The van der Waals surface area contributed by atoms with Crippen LogP contribution in [0.5, 0.6) is 0 Å². The minimum absolute atomic E-state index is 0.0208. The number of carbonyl (C=O) groups is 1. The van der Waals surface area contributed by atoms with Gasteiger partial charge >= 0.3 is 0 Å². The van der Waals surface area contributed by atoms with Gasteiger partial charge in [-0.05, 0) is 47.7 Å². The minimum atomic E-state index is -0.512. The number of carbonyl (C=O) groups excluding carboxylic acids is 1. The molecule has 0 unspecified atom stereocenters. The molecule has 2 nitrogen and oxygen atoms in total. The lowest BCUT2D eigenvalue weighted by atomic mass is 10.0. The SMILES string of the molecule is CC(C)Cc1ccc(/C=C\C(=O)Nc2ccc(F)c(Cl)c2)cc1. The third-order valence-electron chi connectivity index (χ3n) is 3.24. The molecule has 0 saturated carbocycles. The summed E-state index contributed by atoms with van der Waals surface area (Å²) < 4.78 is 13.1. The van der Waals surface area contributed by atoms with Crippen molar-refractivity contribution >= 4 is 29.3 Å². The number of hydrogen-bond donors (Lipinski definition) is 1. The van der Waals surface area contributed by atoms with Crippen molar-refractivity contribution in [3.63, 3.8) is 0 Å². The molecular weight excluding hydrogens is 313 g/mol. The van der Waals surface area contributed by atoms with Gasteiger partial charge in [-0.1, -0.05) is 49.7 Å². The summed E-state index contributed by atoms with van der Waals surface area (Å²) in [5.41, 5.74) is 2.69. The quantitative estimate of drug-likeness (QED) is 0.737. The molecule has 0 aliphatic carbocycles. The van der Waals surface area contributed by atoms with Crippen LogP contribution in [0.3, 0.4) is 0 Å². The molecule has 0 spiro atoms. The van der Waals surface area contributed by atoms with Crippen molar-refractivity contribution in [2.75, 3.05) is 5.32 Å². The molecule has 4 heteroatoms. The van der Waals surface area contributed by atoms with Crippen LogP contribution in [0.4, 0.5) is 10.1 Å². The Balaban J connectivity index is 1.96. The van der Waals surface area contributed by atoms with Gasteiger partial charge in [0, 0.05) is 11.8 Å². The predicted octanol–water partition coefficient (Wildman–Crippen LogP) is 5.33. The van der Waals surface area contributed by atoms with Crippen LogP contribution < -0.4 is 5.32 Å². The number of benzene rings is 2. The van der Waals surface area contributed by atoms with E-state index in [0.717, 1.165) is 12.0 Å². The average molecular weight is 332 g/mol. The summed E-state index contributed by atoms with van der Waals surface area (Å²) >= 11 is 5.68. The maximum Gasteiger partial charge on any atom is 0.248 e. The van der Waals surface area contributed by atoms with E-state index in [1.165, 1.54) is 29.8 Å². The van der Waals surface area contributed by atoms with Gasteiger partial charge in [0.1, 0.15) is 5.82 Å². The van der Waals surface area contributed by atoms with Crippen LogP contribution in [0.1, 0.15) is 25.0 Å². The van der Waals surface area contributed by atoms with Gasteiger partial charge in [0.05, 0.1) is 5.02 Å². The Bertz CT molecular complexity index is 708. The normalized spacial score (nSPS) is 11.2. The predicted molar refractivity (Wildman–Crippen MR) is 94.1 cm³/mol. The van der Waals surface area contributed by atoms with Crippen molar-refractivity contribution in [1.82, 2.24) is 0 Å². The molecule has 0 aliphatic heterocycles. The van der Waals surface area contributed by atoms with Crippen molar-refractivity contribution in [2.45, 2.75) is 20.3 Å². The van der Waals surface area contributed by atoms with E-state index in [2.05, 4.69) is 31.3 Å². The number of rotatable bonds is 5. The van der Waals surface area contributed by atoms with E-state index in [1.807, 2.05) is 12.1 Å². The Morgan fingerprint density at radius 1 is 1.22 bits per heavy atom. The fraction of sp³-hybridized carbons (Fsp3) is 0.211. The molecule has 2 aromatic rings. The Kier molecular flexibility index (Phi) is 5.94. The monoisotopic (exact) mass is 331 g/mol. The average Bonchev–Trinajstić information content (AvgIpc) is 2.50. The second kappa shape index (κ2) is 7.93. The third-order valence-corrected chi connectivity index (χ3v) is 3.53. The topological polar surface area (TPSA) is 29.1 Å². The Morgan fingerprint density at radius 3 is 2.52 bits per heavy atom. The van der Waals surface area contributed by atoms with Crippen molar-refractivity contribution in [3.8, 4) is 0 Å². The van der Waals surface area contributed by atoms with Crippen LogP contribution in [-0.2, 0) is 11.2 Å². The first-order valence-corrected chi connectivity index (χ1v) is 7.85. The van der Waals surface area contributed by atoms with Gasteiger partial charge in [0.25, 0.3) is 0 Å². The Labute approximate surface area is 141 Å². The van der Waals surface area contributed by atoms with E-state index in [9.17, 15) is 9.18 Å². The van der Waals surface area contributed by atoms with E-state index < -0.39 is 5.82 Å². The lowest BCUT2D eigenvalue weighted by Crippen LogP contribution is -2.07. The zero-order valence-electron chi connectivity index (χ0n) is 13.1. The van der Waals surface area contributed by atoms with E-state index in [4.69, 9.17) is 11.6 Å². The van der Waals surface area contributed by atoms with Crippen LogP contribution in [-0.4, -0.2) is 5.91 Å². The molecule has 23 heavy (non-hydrogen) atoms. The Hall–Kier alpha value is -2.13. The summed E-state index contributed by atoms with van der Waals surface area (Å²) in [6.45, 7) is 4.36. The summed E-state index contributed by atoms with van der Waals surface area (Å²) in [4.78, 5) is 11.9. The van der Waals surface area contributed by atoms with Crippen LogP contribution in [0.25, 0.3) is 6.08 Å². The zero-order chi connectivity index (χ0) is 16.8. The van der Waals surface area contributed by atoms with Crippen LogP contribution in [0.2, 0.25) is 5.02 Å². The van der Waals surface area contributed by atoms with Crippen molar-refractivity contribution in [1.29, 1.82) is 0 Å². The Morgan fingerprint density at radius 2 is 1.91 bits per heavy atom. The van der Waals surface area contributed by atoms with E-state index in [-0.39, 0.29) is 10.9 Å². The number of amides is 1.